The van der Waals surface area contributed by atoms with Gasteiger partial charge < -0.3 is 5.32 Å². The highest BCUT2D eigenvalue weighted by molar-refractivity contribution is 6.05. The van der Waals surface area contributed by atoms with E-state index in [4.69, 9.17) is 0 Å². The SMILES string of the molecule is Cc1c(NC(=O)c2ccc3c(c2)CCCC3)cccc1[N+](=O)[O-]. The monoisotopic (exact) mass is 310 g/mol. The zero-order valence-electron chi connectivity index (χ0n) is 13.0. The van der Waals surface area contributed by atoms with Crippen molar-refractivity contribution in [3.8, 4) is 0 Å². The van der Waals surface area contributed by atoms with Gasteiger partial charge in [-0.2, -0.15) is 0 Å². The van der Waals surface area contributed by atoms with Crippen LogP contribution < -0.4 is 5.32 Å². The summed E-state index contributed by atoms with van der Waals surface area (Å²) in [6.45, 7) is 1.64. The molecule has 0 saturated carbocycles. The molecule has 23 heavy (non-hydrogen) atoms. The molecule has 118 valence electrons. The minimum atomic E-state index is -0.441. The van der Waals surface area contributed by atoms with Gasteiger partial charge in [-0.25, -0.2) is 0 Å². The van der Waals surface area contributed by atoms with Gasteiger partial charge in [0, 0.05) is 11.6 Å². The highest BCUT2D eigenvalue weighted by atomic mass is 16.6. The van der Waals surface area contributed by atoms with E-state index in [1.165, 1.54) is 23.6 Å². The maximum absolute atomic E-state index is 12.5. The molecule has 0 unspecified atom stereocenters. The number of carbonyl (C=O) groups excluding carboxylic acids is 1. The summed E-state index contributed by atoms with van der Waals surface area (Å²) < 4.78 is 0. The van der Waals surface area contributed by atoms with Crippen molar-refractivity contribution in [2.45, 2.75) is 32.6 Å². The maximum Gasteiger partial charge on any atom is 0.274 e. The Morgan fingerprint density at radius 2 is 1.87 bits per heavy atom. The molecule has 0 bridgehead atoms. The van der Waals surface area contributed by atoms with Crippen LogP contribution in [-0.4, -0.2) is 10.8 Å². The van der Waals surface area contributed by atoms with Crippen LogP contribution in [0.5, 0.6) is 0 Å². The number of aryl methyl sites for hydroxylation is 2. The van der Waals surface area contributed by atoms with Crippen molar-refractivity contribution in [2.24, 2.45) is 0 Å². The predicted octanol–water partition coefficient (Wildman–Crippen LogP) is 4.03. The fourth-order valence-electron chi connectivity index (χ4n) is 3.03. The highest BCUT2D eigenvalue weighted by Crippen LogP contribution is 2.26. The van der Waals surface area contributed by atoms with Gasteiger partial charge in [0.2, 0.25) is 0 Å². The summed E-state index contributed by atoms with van der Waals surface area (Å²) in [5.74, 6) is -0.234. The topological polar surface area (TPSA) is 72.2 Å². The third kappa shape index (κ3) is 3.08. The van der Waals surface area contributed by atoms with E-state index in [1.54, 1.807) is 19.1 Å². The van der Waals surface area contributed by atoms with Crippen LogP contribution in [0.2, 0.25) is 0 Å². The van der Waals surface area contributed by atoms with Crippen LogP contribution in [0.25, 0.3) is 0 Å². The molecule has 0 saturated heterocycles. The zero-order valence-corrected chi connectivity index (χ0v) is 13.0. The van der Waals surface area contributed by atoms with Crippen molar-refractivity contribution in [3.63, 3.8) is 0 Å². The summed E-state index contributed by atoms with van der Waals surface area (Å²) >= 11 is 0. The van der Waals surface area contributed by atoms with E-state index < -0.39 is 4.92 Å². The lowest BCUT2D eigenvalue weighted by molar-refractivity contribution is -0.385. The number of nitrogens with zero attached hydrogens (tertiary/aromatic N) is 1. The molecule has 0 aromatic heterocycles. The molecule has 0 aliphatic heterocycles. The number of hydrogen-bond donors (Lipinski definition) is 1. The van der Waals surface area contributed by atoms with Crippen LogP contribution in [-0.2, 0) is 12.8 Å². The molecule has 2 aromatic carbocycles. The first-order valence-electron chi connectivity index (χ1n) is 7.73. The second-order valence-electron chi connectivity index (χ2n) is 5.85. The average Bonchev–Trinajstić information content (AvgIpc) is 2.56. The Hall–Kier alpha value is -2.69. The number of hydrogen-bond acceptors (Lipinski definition) is 3. The molecule has 3 rings (SSSR count). The van der Waals surface area contributed by atoms with Gasteiger partial charge in [0.1, 0.15) is 0 Å². The van der Waals surface area contributed by atoms with Gasteiger partial charge in [-0.15, -0.1) is 0 Å². The number of fused-ring (bicyclic) bond motifs is 1. The quantitative estimate of drug-likeness (QED) is 0.687. The Balaban J connectivity index is 1.85. The molecule has 0 fully saturated rings. The number of nitrogens with one attached hydrogen (secondary N) is 1. The molecule has 1 aliphatic carbocycles. The standard InChI is InChI=1S/C18H18N2O3/c1-12-16(7-4-8-17(12)20(22)23)19-18(21)15-10-9-13-5-2-3-6-14(13)11-15/h4,7-11H,2-3,5-6H2,1H3,(H,19,21). The number of carbonyl (C=O) groups is 1. The Labute approximate surface area is 134 Å². The van der Waals surface area contributed by atoms with Gasteiger partial charge in [-0.3, -0.25) is 14.9 Å². The molecule has 1 N–H and O–H groups in total. The Kier molecular flexibility index (Phi) is 4.10. The molecule has 0 heterocycles. The van der Waals surface area contributed by atoms with Crippen molar-refractivity contribution in [3.05, 3.63) is 68.8 Å². The Morgan fingerprint density at radius 3 is 2.61 bits per heavy atom. The van der Waals surface area contributed by atoms with E-state index >= 15 is 0 Å². The van der Waals surface area contributed by atoms with Gasteiger partial charge >= 0.3 is 0 Å². The summed E-state index contributed by atoms with van der Waals surface area (Å²) in [5.41, 5.74) is 4.09. The Bertz CT molecular complexity index is 784. The predicted molar refractivity (Wildman–Crippen MR) is 88.9 cm³/mol. The first-order chi connectivity index (χ1) is 11.1. The van der Waals surface area contributed by atoms with Crippen molar-refractivity contribution in [1.29, 1.82) is 0 Å². The molecular formula is C18H18N2O3. The van der Waals surface area contributed by atoms with E-state index in [9.17, 15) is 14.9 Å². The smallest absolute Gasteiger partial charge is 0.274 e. The molecule has 0 radical (unpaired) electrons. The second kappa shape index (κ2) is 6.20. The lowest BCUT2D eigenvalue weighted by Gasteiger charge is -2.16. The summed E-state index contributed by atoms with van der Waals surface area (Å²) in [4.78, 5) is 23.0. The zero-order chi connectivity index (χ0) is 16.4. The Morgan fingerprint density at radius 1 is 1.13 bits per heavy atom. The van der Waals surface area contributed by atoms with Crippen molar-refractivity contribution in [2.75, 3.05) is 5.32 Å². The summed E-state index contributed by atoms with van der Waals surface area (Å²) in [7, 11) is 0. The van der Waals surface area contributed by atoms with E-state index in [2.05, 4.69) is 5.32 Å². The van der Waals surface area contributed by atoms with Crippen LogP contribution in [0.15, 0.2) is 36.4 Å². The van der Waals surface area contributed by atoms with Gasteiger partial charge in [-0.05, 0) is 61.9 Å². The number of benzene rings is 2. The summed E-state index contributed by atoms with van der Waals surface area (Å²) in [6.07, 6.45) is 4.43. The molecule has 1 aliphatic rings. The van der Waals surface area contributed by atoms with E-state index in [0.717, 1.165) is 19.3 Å². The first-order valence-corrected chi connectivity index (χ1v) is 7.73. The third-order valence-corrected chi connectivity index (χ3v) is 4.36. The number of nitro benzene ring substituents is 1. The minimum absolute atomic E-state index is 0.00763. The van der Waals surface area contributed by atoms with Crippen LogP contribution >= 0.6 is 0 Å². The minimum Gasteiger partial charge on any atom is -0.321 e. The van der Waals surface area contributed by atoms with Gasteiger partial charge in [-0.1, -0.05) is 12.1 Å². The van der Waals surface area contributed by atoms with E-state index in [1.807, 2.05) is 18.2 Å². The fraction of sp³-hybridized carbons (Fsp3) is 0.278. The summed E-state index contributed by atoms with van der Waals surface area (Å²) in [6, 6.07) is 10.5. The normalized spacial score (nSPS) is 13.3. The summed E-state index contributed by atoms with van der Waals surface area (Å²) in [5, 5.41) is 13.8. The highest BCUT2D eigenvalue weighted by Gasteiger charge is 2.17. The molecular weight excluding hydrogens is 292 g/mol. The lowest BCUT2D eigenvalue weighted by atomic mass is 9.90. The average molecular weight is 310 g/mol. The fourth-order valence-corrected chi connectivity index (χ4v) is 3.03. The molecule has 0 spiro atoms. The van der Waals surface area contributed by atoms with Crippen molar-refractivity contribution in [1.82, 2.24) is 0 Å². The van der Waals surface area contributed by atoms with Crippen molar-refractivity contribution >= 4 is 17.3 Å². The number of rotatable bonds is 3. The largest absolute Gasteiger partial charge is 0.321 e. The number of nitro groups is 1. The van der Waals surface area contributed by atoms with E-state index in [-0.39, 0.29) is 11.6 Å². The van der Waals surface area contributed by atoms with Crippen molar-refractivity contribution < 1.29 is 9.72 Å². The van der Waals surface area contributed by atoms with Crippen LogP contribution in [0.3, 0.4) is 0 Å². The number of anilines is 1. The lowest BCUT2D eigenvalue weighted by Crippen LogP contribution is -2.14. The molecule has 5 heteroatoms. The van der Waals surface area contributed by atoms with E-state index in [0.29, 0.717) is 16.8 Å². The molecule has 2 aromatic rings. The molecule has 5 nitrogen and oxygen atoms in total. The van der Waals surface area contributed by atoms with Crippen LogP contribution in [0.4, 0.5) is 11.4 Å². The van der Waals surface area contributed by atoms with Gasteiger partial charge in [0.15, 0.2) is 0 Å². The number of amides is 1. The third-order valence-electron chi connectivity index (χ3n) is 4.36. The molecule has 1 amide bonds. The second-order valence-corrected chi connectivity index (χ2v) is 5.85. The maximum atomic E-state index is 12.5. The first kappa shape index (κ1) is 15.2. The van der Waals surface area contributed by atoms with Crippen LogP contribution in [0.1, 0.15) is 39.9 Å². The van der Waals surface area contributed by atoms with Gasteiger partial charge in [0.05, 0.1) is 16.2 Å². The van der Waals surface area contributed by atoms with Gasteiger partial charge in [0.25, 0.3) is 11.6 Å². The van der Waals surface area contributed by atoms with Crippen LogP contribution in [0, 0.1) is 17.0 Å². The molecule has 0 atom stereocenters.